The highest BCUT2D eigenvalue weighted by Gasteiger charge is 2.33. The van der Waals surface area contributed by atoms with Crippen LogP contribution in [0.15, 0.2) is 18.2 Å². The Bertz CT molecular complexity index is 581. The summed E-state index contributed by atoms with van der Waals surface area (Å²) in [6.07, 6.45) is 1.43. The van der Waals surface area contributed by atoms with Crippen molar-refractivity contribution in [1.29, 1.82) is 0 Å². The summed E-state index contributed by atoms with van der Waals surface area (Å²) in [4.78, 5) is 24.3. The second kappa shape index (κ2) is 6.48. The zero-order valence-corrected chi connectivity index (χ0v) is 13.7. The third-order valence-electron chi connectivity index (χ3n) is 4.13. The first kappa shape index (κ1) is 16.5. The van der Waals surface area contributed by atoms with Crippen LogP contribution in [-0.4, -0.2) is 31.1 Å². The van der Waals surface area contributed by atoms with Crippen molar-refractivity contribution in [3.05, 3.63) is 29.3 Å². The SMILES string of the molecule is CNC(=O)c1cccc(NC(=O)C2CCOC(C)(C)C2)c1C. The molecule has 1 saturated heterocycles. The van der Waals surface area contributed by atoms with Gasteiger partial charge in [0, 0.05) is 30.8 Å². The quantitative estimate of drug-likeness (QED) is 0.901. The largest absolute Gasteiger partial charge is 0.376 e. The molecule has 22 heavy (non-hydrogen) atoms. The number of nitrogens with one attached hydrogen (secondary N) is 2. The molecule has 0 aromatic heterocycles. The zero-order chi connectivity index (χ0) is 16.3. The van der Waals surface area contributed by atoms with Gasteiger partial charge in [0.1, 0.15) is 0 Å². The zero-order valence-electron chi connectivity index (χ0n) is 13.7. The minimum atomic E-state index is -0.265. The first-order valence-electron chi connectivity index (χ1n) is 7.60. The molecular formula is C17H24N2O3. The van der Waals surface area contributed by atoms with Gasteiger partial charge in [-0.05, 0) is 51.3 Å². The van der Waals surface area contributed by atoms with Gasteiger partial charge in [0.2, 0.25) is 5.91 Å². The van der Waals surface area contributed by atoms with Gasteiger partial charge in [-0.1, -0.05) is 6.07 Å². The Hall–Kier alpha value is -1.88. The van der Waals surface area contributed by atoms with Crippen molar-refractivity contribution in [1.82, 2.24) is 5.32 Å². The van der Waals surface area contributed by atoms with Gasteiger partial charge in [-0.15, -0.1) is 0 Å². The molecule has 5 nitrogen and oxygen atoms in total. The molecule has 2 rings (SSSR count). The molecule has 5 heteroatoms. The van der Waals surface area contributed by atoms with Gasteiger partial charge in [-0.25, -0.2) is 0 Å². The van der Waals surface area contributed by atoms with Crippen LogP contribution in [-0.2, 0) is 9.53 Å². The molecule has 0 aliphatic carbocycles. The molecular weight excluding hydrogens is 280 g/mol. The van der Waals surface area contributed by atoms with Crippen LogP contribution in [0.25, 0.3) is 0 Å². The normalized spacial score (nSPS) is 20.3. The molecule has 1 fully saturated rings. The summed E-state index contributed by atoms with van der Waals surface area (Å²) in [5.74, 6) is -0.221. The summed E-state index contributed by atoms with van der Waals surface area (Å²) < 4.78 is 5.65. The van der Waals surface area contributed by atoms with Gasteiger partial charge < -0.3 is 15.4 Å². The number of carbonyl (C=O) groups excluding carboxylic acids is 2. The van der Waals surface area contributed by atoms with E-state index in [1.807, 2.05) is 26.8 Å². The average molecular weight is 304 g/mol. The third-order valence-corrected chi connectivity index (χ3v) is 4.13. The van der Waals surface area contributed by atoms with E-state index in [0.29, 0.717) is 24.3 Å². The number of hydrogen-bond donors (Lipinski definition) is 2. The molecule has 0 bridgehead atoms. The van der Waals surface area contributed by atoms with Crippen LogP contribution in [0.2, 0.25) is 0 Å². The molecule has 2 amide bonds. The van der Waals surface area contributed by atoms with Gasteiger partial charge in [0.05, 0.1) is 5.60 Å². The highest BCUT2D eigenvalue weighted by atomic mass is 16.5. The highest BCUT2D eigenvalue weighted by Crippen LogP contribution is 2.30. The van der Waals surface area contributed by atoms with Gasteiger partial charge in [-0.2, -0.15) is 0 Å². The van der Waals surface area contributed by atoms with Crippen LogP contribution in [0.5, 0.6) is 0 Å². The van der Waals surface area contributed by atoms with Crippen molar-refractivity contribution < 1.29 is 14.3 Å². The minimum Gasteiger partial charge on any atom is -0.376 e. The molecule has 0 radical (unpaired) electrons. The van der Waals surface area contributed by atoms with Crippen LogP contribution in [0.1, 0.15) is 42.6 Å². The van der Waals surface area contributed by atoms with Crippen molar-refractivity contribution >= 4 is 17.5 Å². The average Bonchev–Trinajstić information content (AvgIpc) is 2.47. The van der Waals surface area contributed by atoms with E-state index in [4.69, 9.17) is 4.74 Å². The maximum atomic E-state index is 12.5. The van der Waals surface area contributed by atoms with Crippen LogP contribution in [0.3, 0.4) is 0 Å². The van der Waals surface area contributed by atoms with Crippen LogP contribution in [0, 0.1) is 12.8 Å². The monoisotopic (exact) mass is 304 g/mol. The van der Waals surface area contributed by atoms with Gasteiger partial charge in [0.25, 0.3) is 5.91 Å². The molecule has 1 aromatic rings. The van der Waals surface area contributed by atoms with E-state index in [0.717, 1.165) is 12.0 Å². The van der Waals surface area contributed by atoms with E-state index in [-0.39, 0.29) is 23.3 Å². The van der Waals surface area contributed by atoms with Gasteiger partial charge >= 0.3 is 0 Å². The van der Waals surface area contributed by atoms with E-state index in [9.17, 15) is 9.59 Å². The summed E-state index contributed by atoms with van der Waals surface area (Å²) in [6.45, 7) is 6.45. The Morgan fingerprint density at radius 1 is 1.32 bits per heavy atom. The van der Waals surface area contributed by atoms with Gasteiger partial charge in [0.15, 0.2) is 0 Å². The Kier molecular flexibility index (Phi) is 4.86. The van der Waals surface area contributed by atoms with E-state index in [1.165, 1.54) is 0 Å². The number of anilines is 1. The Morgan fingerprint density at radius 3 is 2.68 bits per heavy atom. The predicted octanol–water partition coefficient (Wildman–Crippen LogP) is 2.50. The maximum Gasteiger partial charge on any atom is 0.251 e. The lowest BCUT2D eigenvalue weighted by Gasteiger charge is -2.34. The minimum absolute atomic E-state index is 0.00599. The number of rotatable bonds is 3. The van der Waals surface area contributed by atoms with E-state index in [1.54, 1.807) is 19.2 Å². The molecule has 1 aliphatic rings. The van der Waals surface area contributed by atoms with Crippen molar-refractivity contribution in [2.24, 2.45) is 5.92 Å². The molecule has 1 atom stereocenters. The summed E-state index contributed by atoms with van der Waals surface area (Å²) in [7, 11) is 1.59. The summed E-state index contributed by atoms with van der Waals surface area (Å²) in [5, 5.41) is 5.57. The fourth-order valence-corrected chi connectivity index (χ4v) is 2.84. The van der Waals surface area contributed by atoms with Crippen LogP contribution < -0.4 is 10.6 Å². The molecule has 2 N–H and O–H groups in total. The van der Waals surface area contributed by atoms with Crippen molar-refractivity contribution in [2.75, 3.05) is 19.0 Å². The fourth-order valence-electron chi connectivity index (χ4n) is 2.84. The first-order chi connectivity index (χ1) is 10.3. The third kappa shape index (κ3) is 3.65. The Morgan fingerprint density at radius 2 is 2.05 bits per heavy atom. The van der Waals surface area contributed by atoms with E-state index >= 15 is 0 Å². The standard InChI is InChI=1S/C17H24N2O3/c1-11-13(16(21)18-4)6-5-7-14(11)19-15(20)12-8-9-22-17(2,3)10-12/h5-7,12H,8-10H2,1-4H3,(H,18,21)(H,19,20). The number of carbonyl (C=O) groups is 2. The number of benzene rings is 1. The number of amides is 2. The van der Waals surface area contributed by atoms with Crippen molar-refractivity contribution in [3.63, 3.8) is 0 Å². The van der Waals surface area contributed by atoms with Crippen LogP contribution in [0.4, 0.5) is 5.69 Å². The molecule has 0 saturated carbocycles. The Balaban J connectivity index is 2.13. The second-order valence-corrected chi connectivity index (χ2v) is 6.34. The Labute approximate surface area is 131 Å². The topological polar surface area (TPSA) is 67.4 Å². The van der Waals surface area contributed by atoms with Gasteiger partial charge in [-0.3, -0.25) is 9.59 Å². The highest BCUT2D eigenvalue weighted by molar-refractivity contribution is 5.99. The molecule has 1 aromatic carbocycles. The first-order valence-corrected chi connectivity index (χ1v) is 7.60. The molecule has 0 spiro atoms. The van der Waals surface area contributed by atoms with E-state index < -0.39 is 0 Å². The van der Waals surface area contributed by atoms with Crippen molar-refractivity contribution in [3.8, 4) is 0 Å². The lowest BCUT2D eigenvalue weighted by Crippen LogP contribution is -2.39. The second-order valence-electron chi connectivity index (χ2n) is 6.34. The number of hydrogen-bond acceptors (Lipinski definition) is 3. The fraction of sp³-hybridized carbons (Fsp3) is 0.529. The van der Waals surface area contributed by atoms with Crippen LogP contribution >= 0.6 is 0 Å². The lowest BCUT2D eigenvalue weighted by atomic mass is 9.87. The van der Waals surface area contributed by atoms with Crippen molar-refractivity contribution in [2.45, 2.75) is 39.2 Å². The molecule has 1 aliphatic heterocycles. The van der Waals surface area contributed by atoms with E-state index in [2.05, 4.69) is 10.6 Å². The maximum absolute atomic E-state index is 12.5. The molecule has 1 heterocycles. The summed E-state index contributed by atoms with van der Waals surface area (Å²) >= 11 is 0. The summed E-state index contributed by atoms with van der Waals surface area (Å²) in [6, 6.07) is 5.35. The lowest BCUT2D eigenvalue weighted by molar-refractivity contribution is -0.130. The predicted molar refractivity (Wildman–Crippen MR) is 86.0 cm³/mol. The number of ether oxygens (including phenoxy) is 1. The smallest absolute Gasteiger partial charge is 0.251 e. The molecule has 120 valence electrons. The molecule has 1 unspecified atom stereocenters. The summed E-state index contributed by atoms with van der Waals surface area (Å²) in [5.41, 5.74) is 1.78.